The summed E-state index contributed by atoms with van der Waals surface area (Å²) in [5.41, 5.74) is -0.152. The Morgan fingerprint density at radius 1 is 1.10 bits per heavy atom. The lowest BCUT2D eigenvalue weighted by molar-refractivity contribution is -0.150. The van der Waals surface area contributed by atoms with E-state index in [4.69, 9.17) is 11.2 Å². The van der Waals surface area contributed by atoms with E-state index in [0.29, 0.717) is 13.0 Å². The molecule has 0 aromatic rings. The number of nitrogens with one attached hydrogen (secondary N) is 1. The fourth-order valence-electron chi connectivity index (χ4n) is 7.33. The minimum Gasteiger partial charge on any atom is -0.379 e. The second-order valence-electron chi connectivity index (χ2n) is 10.3. The fraction of sp³-hybridized carbons (Fsp3) is 0.870. The van der Waals surface area contributed by atoms with Crippen molar-refractivity contribution >= 4 is 5.91 Å². The summed E-state index contributed by atoms with van der Waals surface area (Å²) >= 11 is 0. The van der Waals surface area contributed by atoms with Crippen LogP contribution in [0.2, 0.25) is 0 Å². The average molecular weight is 399 g/mol. The van der Waals surface area contributed by atoms with Crippen molar-refractivity contribution < 1.29 is 9.53 Å². The molecule has 2 heterocycles. The van der Waals surface area contributed by atoms with Gasteiger partial charge in [-0.3, -0.25) is 9.69 Å². The van der Waals surface area contributed by atoms with E-state index < -0.39 is 0 Å². The van der Waals surface area contributed by atoms with E-state index in [9.17, 15) is 4.79 Å². The van der Waals surface area contributed by atoms with Crippen molar-refractivity contribution in [3.05, 3.63) is 0 Å². The van der Waals surface area contributed by atoms with Crippen LogP contribution in [0.5, 0.6) is 0 Å². The Balaban J connectivity index is 1.28. The van der Waals surface area contributed by atoms with Crippen LogP contribution in [0.15, 0.2) is 10.2 Å². The molecule has 4 aliphatic carbocycles. The molecule has 6 heteroatoms. The molecular weight excluding hydrogens is 364 g/mol. The van der Waals surface area contributed by atoms with Gasteiger partial charge in [0.15, 0.2) is 5.66 Å². The number of rotatable bonds is 8. The Kier molecular flexibility index (Phi) is 5.16. The summed E-state index contributed by atoms with van der Waals surface area (Å²) in [5.74, 6) is 5.42. The van der Waals surface area contributed by atoms with E-state index in [1.165, 1.54) is 38.5 Å². The topological polar surface area (TPSA) is 66.3 Å². The van der Waals surface area contributed by atoms with Crippen molar-refractivity contribution in [2.24, 2.45) is 33.4 Å². The van der Waals surface area contributed by atoms with Crippen LogP contribution in [0.3, 0.4) is 0 Å². The zero-order chi connectivity index (χ0) is 19.9. The van der Waals surface area contributed by atoms with Crippen molar-refractivity contribution in [2.75, 3.05) is 32.8 Å². The van der Waals surface area contributed by atoms with Gasteiger partial charge >= 0.3 is 0 Å². The van der Waals surface area contributed by atoms with E-state index >= 15 is 0 Å². The lowest BCUT2D eigenvalue weighted by Crippen LogP contribution is -2.63. The fourth-order valence-corrected chi connectivity index (χ4v) is 7.33. The molecule has 1 atom stereocenters. The number of hydrogen-bond donors (Lipinski definition) is 1. The average Bonchev–Trinajstić information content (AvgIpc) is 3.46. The van der Waals surface area contributed by atoms with Gasteiger partial charge in [-0.15, -0.1) is 12.3 Å². The third-order valence-electron chi connectivity index (χ3n) is 8.20. The molecular formula is C23H34N4O2. The Hall–Kier alpha value is -1.45. The molecule has 0 aromatic carbocycles. The first-order valence-corrected chi connectivity index (χ1v) is 11.6. The first-order chi connectivity index (χ1) is 14.1. The summed E-state index contributed by atoms with van der Waals surface area (Å²) in [4.78, 5) is 16.0. The molecule has 2 aliphatic heterocycles. The van der Waals surface area contributed by atoms with Gasteiger partial charge in [-0.2, -0.15) is 10.2 Å². The Morgan fingerprint density at radius 2 is 1.72 bits per heavy atom. The van der Waals surface area contributed by atoms with Crippen LogP contribution in [0, 0.1) is 35.5 Å². The highest BCUT2D eigenvalue weighted by molar-refractivity contribution is 5.83. The lowest BCUT2D eigenvalue weighted by atomic mass is 9.47. The van der Waals surface area contributed by atoms with Crippen LogP contribution in [0.4, 0.5) is 0 Å². The maximum absolute atomic E-state index is 13.6. The van der Waals surface area contributed by atoms with Gasteiger partial charge in [0.2, 0.25) is 5.91 Å². The summed E-state index contributed by atoms with van der Waals surface area (Å²) < 4.78 is 5.61. The van der Waals surface area contributed by atoms with Crippen LogP contribution in [0.25, 0.3) is 0 Å². The number of morpholine rings is 1. The maximum Gasteiger partial charge on any atom is 0.237 e. The van der Waals surface area contributed by atoms with Crippen LogP contribution >= 0.6 is 0 Å². The Bertz CT molecular complexity index is 665. The monoisotopic (exact) mass is 398 g/mol. The third kappa shape index (κ3) is 3.84. The minimum atomic E-state index is -0.325. The van der Waals surface area contributed by atoms with Crippen LogP contribution in [-0.2, 0) is 9.53 Å². The first-order valence-electron chi connectivity index (χ1n) is 11.6. The molecule has 4 saturated carbocycles. The minimum absolute atomic E-state index is 0.00506. The smallest absolute Gasteiger partial charge is 0.237 e. The number of carbonyl (C=O) groups excluding carboxylic acids is 1. The molecule has 1 unspecified atom stereocenters. The lowest BCUT2D eigenvalue weighted by Gasteiger charge is -2.60. The SMILES string of the molecule is C#CCCC1(CCNC(=O)C(N2CCOCC2)C23CC4CC(CC(C4)C2)C3)N=N1. The number of carbonyl (C=O) groups is 1. The van der Waals surface area contributed by atoms with Gasteiger partial charge < -0.3 is 10.1 Å². The highest BCUT2D eigenvalue weighted by atomic mass is 16.5. The molecule has 5 fully saturated rings. The van der Waals surface area contributed by atoms with Gasteiger partial charge in [0.25, 0.3) is 0 Å². The molecule has 6 rings (SSSR count). The molecule has 6 aliphatic rings. The van der Waals surface area contributed by atoms with Crippen molar-refractivity contribution in [1.82, 2.24) is 10.2 Å². The number of terminal acetylenes is 1. The molecule has 29 heavy (non-hydrogen) atoms. The van der Waals surface area contributed by atoms with E-state index in [2.05, 4.69) is 26.4 Å². The molecule has 1 N–H and O–H groups in total. The summed E-state index contributed by atoms with van der Waals surface area (Å²) in [6.07, 6.45) is 15.6. The number of nitrogens with zero attached hydrogens (tertiary/aromatic N) is 3. The zero-order valence-corrected chi connectivity index (χ0v) is 17.4. The Labute approximate surface area is 174 Å². The van der Waals surface area contributed by atoms with Crippen molar-refractivity contribution in [3.63, 3.8) is 0 Å². The predicted octanol–water partition coefficient (Wildman–Crippen LogP) is 2.99. The van der Waals surface area contributed by atoms with Crippen molar-refractivity contribution in [1.29, 1.82) is 0 Å². The van der Waals surface area contributed by atoms with E-state index in [-0.39, 0.29) is 23.0 Å². The summed E-state index contributed by atoms with van der Waals surface area (Å²) in [6, 6.07) is -0.00506. The van der Waals surface area contributed by atoms with Crippen LogP contribution in [-0.4, -0.2) is 55.4 Å². The first kappa shape index (κ1) is 19.5. The molecule has 0 spiro atoms. The summed E-state index contributed by atoms with van der Waals surface area (Å²) in [7, 11) is 0. The van der Waals surface area contributed by atoms with E-state index in [0.717, 1.165) is 56.9 Å². The number of amides is 1. The third-order valence-corrected chi connectivity index (χ3v) is 8.20. The summed E-state index contributed by atoms with van der Waals surface area (Å²) in [6.45, 7) is 3.85. The standard InChI is InChI=1S/C23H34N4O2/c1-2-3-4-23(25-26-23)5-6-24-21(28)20(27-7-9-29-10-8-27)22-14-17-11-18(15-22)13-19(12-17)16-22/h1,17-20H,3-16H2,(H,24,28). The maximum atomic E-state index is 13.6. The van der Waals surface area contributed by atoms with Gasteiger partial charge in [-0.1, -0.05) is 0 Å². The number of hydrogen-bond acceptors (Lipinski definition) is 5. The van der Waals surface area contributed by atoms with E-state index in [1.807, 2.05) is 0 Å². The molecule has 0 aromatic heterocycles. The molecule has 1 amide bonds. The second kappa shape index (κ2) is 7.67. The van der Waals surface area contributed by atoms with Gasteiger partial charge in [0.05, 0.1) is 19.3 Å². The van der Waals surface area contributed by atoms with Gasteiger partial charge in [0.1, 0.15) is 0 Å². The highest BCUT2D eigenvalue weighted by Crippen LogP contribution is 2.62. The molecule has 0 radical (unpaired) electrons. The van der Waals surface area contributed by atoms with Crippen LogP contribution in [0.1, 0.15) is 57.8 Å². The zero-order valence-electron chi connectivity index (χ0n) is 17.4. The predicted molar refractivity (Wildman–Crippen MR) is 110 cm³/mol. The van der Waals surface area contributed by atoms with Gasteiger partial charge in [-0.25, -0.2) is 0 Å². The normalized spacial score (nSPS) is 37.8. The molecule has 1 saturated heterocycles. The van der Waals surface area contributed by atoms with Crippen molar-refractivity contribution in [2.45, 2.75) is 69.5 Å². The second-order valence-corrected chi connectivity index (χ2v) is 10.3. The quantitative estimate of drug-likeness (QED) is 0.639. The number of ether oxygens (including phenoxy) is 1. The molecule has 158 valence electrons. The Morgan fingerprint density at radius 3 is 2.28 bits per heavy atom. The highest BCUT2D eigenvalue weighted by Gasteiger charge is 2.57. The summed E-state index contributed by atoms with van der Waals surface area (Å²) in [5, 5.41) is 11.7. The van der Waals surface area contributed by atoms with Gasteiger partial charge in [0, 0.05) is 38.9 Å². The molecule has 6 nitrogen and oxygen atoms in total. The molecule has 4 bridgehead atoms. The van der Waals surface area contributed by atoms with Gasteiger partial charge in [-0.05, 0) is 61.7 Å². The van der Waals surface area contributed by atoms with Crippen molar-refractivity contribution in [3.8, 4) is 12.3 Å². The van der Waals surface area contributed by atoms with E-state index in [1.54, 1.807) is 0 Å². The van der Waals surface area contributed by atoms with Crippen LogP contribution < -0.4 is 5.32 Å². The largest absolute Gasteiger partial charge is 0.379 e.